The van der Waals surface area contributed by atoms with E-state index in [9.17, 15) is 29.1 Å². The molecule has 2 rings (SSSR count). The maximum absolute atomic E-state index is 13.6. The van der Waals surface area contributed by atoms with E-state index in [2.05, 4.69) is 25.9 Å². The van der Waals surface area contributed by atoms with Crippen LogP contribution in [0, 0.1) is 0 Å². The molecule has 15 nitrogen and oxygen atoms in total. The summed E-state index contributed by atoms with van der Waals surface area (Å²) in [5, 5.41) is 26.9. The molecule has 1 heterocycles. The molecule has 4 unspecified atom stereocenters. The van der Waals surface area contributed by atoms with Crippen LogP contribution < -0.4 is 33.2 Å². The number of amides is 3. The summed E-state index contributed by atoms with van der Waals surface area (Å²) < 4.78 is 0. The highest BCUT2D eigenvalue weighted by atomic mass is 32.2. The van der Waals surface area contributed by atoms with Gasteiger partial charge in [-0.05, 0) is 49.3 Å². The molecular weight excluding hydrogens is 580 g/mol. The van der Waals surface area contributed by atoms with Crippen molar-refractivity contribution in [3.05, 3.63) is 36.0 Å². The molecule has 0 bridgehead atoms. The second kappa shape index (κ2) is 17.6. The van der Waals surface area contributed by atoms with Gasteiger partial charge in [-0.15, -0.1) is 0 Å². The van der Waals surface area contributed by atoms with Gasteiger partial charge in [0, 0.05) is 36.5 Å². The number of carboxylic acid groups (broad SMARTS) is 2. The van der Waals surface area contributed by atoms with Crippen molar-refractivity contribution in [1.82, 2.24) is 20.9 Å². The fourth-order valence-corrected chi connectivity index (χ4v) is 4.72. The summed E-state index contributed by atoms with van der Waals surface area (Å²) >= 11 is 1.53. The Morgan fingerprint density at radius 3 is 2.23 bits per heavy atom. The van der Waals surface area contributed by atoms with Crippen LogP contribution in [0.1, 0.15) is 37.7 Å². The molecule has 236 valence electrons. The number of aromatic nitrogens is 1. The maximum Gasteiger partial charge on any atom is 0.326 e. The predicted octanol–water partition coefficient (Wildman–Crippen LogP) is -0.752. The first-order valence-electron chi connectivity index (χ1n) is 13.6. The fourth-order valence-electron chi connectivity index (χ4n) is 4.23. The number of rotatable bonds is 19. The van der Waals surface area contributed by atoms with E-state index in [1.165, 1.54) is 11.8 Å². The molecule has 0 saturated carbocycles. The fraction of sp³-hybridized carbons (Fsp3) is 0.481. The van der Waals surface area contributed by atoms with Crippen molar-refractivity contribution in [2.24, 2.45) is 22.2 Å². The Morgan fingerprint density at radius 2 is 1.58 bits per heavy atom. The number of aliphatic imine (C=N–C) groups is 1. The van der Waals surface area contributed by atoms with Gasteiger partial charge in [-0.3, -0.25) is 24.2 Å². The monoisotopic (exact) mass is 620 g/mol. The number of hydrogen-bond donors (Lipinski definition) is 9. The Labute approximate surface area is 252 Å². The number of carboxylic acids is 2. The SMILES string of the molecule is CSCCC(N)C(=O)NC(Cc1c[nH]c2ccccc12)C(=O)NC(CCCN=C(N)N)C(=O)NC(CCC(=O)O)C(=O)O. The lowest BCUT2D eigenvalue weighted by Crippen LogP contribution is -2.57. The van der Waals surface area contributed by atoms with Crippen molar-refractivity contribution in [2.75, 3.05) is 18.6 Å². The molecule has 43 heavy (non-hydrogen) atoms. The van der Waals surface area contributed by atoms with Crippen LogP contribution in [0.5, 0.6) is 0 Å². The normalized spacial score (nSPS) is 13.7. The number of benzene rings is 1. The Bertz CT molecular complexity index is 1300. The summed E-state index contributed by atoms with van der Waals surface area (Å²) in [6.07, 6.45) is 3.46. The lowest BCUT2D eigenvalue weighted by molar-refractivity contribution is -0.143. The standard InChI is InChI=1S/C27H40N8O7S/c1-43-12-10-17(28)23(38)35-21(13-15-14-32-18-6-3-2-5-16(15)18)25(40)33-19(7-4-11-31-27(29)30)24(39)34-20(26(41)42)8-9-22(36)37/h2-3,5-6,14,17,19-21,32H,4,7-13,28H2,1H3,(H,33,40)(H,34,39)(H,35,38)(H,36,37)(H,41,42)(H4,29,30,31). The topological polar surface area (TPSA) is 268 Å². The largest absolute Gasteiger partial charge is 0.481 e. The molecule has 4 atom stereocenters. The van der Waals surface area contributed by atoms with Gasteiger partial charge in [-0.25, -0.2) is 4.79 Å². The van der Waals surface area contributed by atoms with E-state index in [4.69, 9.17) is 22.3 Å². The van der Waals surface area contributed by atoms with Crippen LogP contribution in [0.3, 0.4) is 0 Å². The molecule has 3 amide bonds. The van der Waals surface area contributed by atoms with E-state index in [0.29, 0.717) is 12.2 Å². The lowest BCUT2D eigenvalue weighted by Gasteiger charge is -2.25. The quantitative estimate of drug-likeness (QED) is 0.0535. The molecule has 0 aliphatic carbocycles. The second-order valence-electron chi connectivity index (χ2n) is 9.85. The average molecular weight is 621 g/mol. The Balaban J connectivity index is 2.31. The number of thioether (sulfide) groups is 1. The van der Waals surface area contributed by atoms with Gasteiger partial charge in [0.1, 0.15) is 18.1 Å². The highest BCUT2D eigenvalue weighted by molar-refractivity contribution is 7.98. The molecule has 0 aliphatic heterocycles. The molecule has 0 spiro atoms. The van der Waals surface area contributed by atoms with Crippen LogP contribution in [0.2, 0.25) is 0 Å². The Morgan fingerprint density at radius 1 is 0.930 bits per heavy atom. The number of aromatic amines is 1. The Kier molecular flexibility index (Phi) is 14.3. The smallest absolute Gasteiger partial charge is 0.326 e. The highest BCUT2D eigenvalue weighted by Gasteiger charge is 2.31. The number of nitrogens with two attached hydrogens (primary N) is 3. The molecular formula is C27H40N8O7S. The summed E-state index contributed by atoms with van der Waals surface area (Å²) in [6, 6.07) is 2.67. The van der Waals surface area contributed by atoms with Crippen molar-refractivity contribution in [3.63, 3.8) is 0 Å². The number of fused-ring (bicyclic) bond motifs is 1. The van der Waals surface area contributed by atoms with Gasteiger partial charge in [0.25, 0.3) is 0 Å². The van der Waals surface area contributed by atoms with Crippen molar-refractivity contribution >= 4 is 58.3 Å². The number of para-hydroxylation sites is 1. The van der Waals surface area contributed by atoms with Gasteiger partial charge in [0.05, 0.1) is 6.04 Å². The first kappa shape index (κ1) is 34.9. The number of carbonyl (C=O) groups is 5. The highest BCUT2D eigenvalue weighted by Crippen LogP contribution is 2.19. The van der Waals surface area contributed by atoms with Gasteiger partial charge in [-0.2, -0.15) is 11.8 Å². The molecule has 1 aromatic heterocycles. The molecule has 0 radical (unpaired) electrons. The summed E-state index contributed by atoms with van der Waals surface area (Å²) in [7, 11) is 0. The van der Waals surface area contributed by atoms with Crippen molar-refractivity contribution in [1.29, 1.82) is 0 Å². The van der Waals surface area contributed by atoms with E-state index in [1.54, 1.807) is 6.20 Å². The van der Waals surface area contributed by atoms with Gasteiger partial charge in [0.15, 0.2) is 5.96 Å². The van der Waals surface area contributed by atoms with Crippen LogP contribution in [-0.2, 0) is 30.4 Å². The molecule has 0 aliphatic rings. The van der Waals surface area contributed by atoms with Crippen molar-refractivity contribution in [2.45, 2.75) is 62.7 Å². The van der Waals surface area contributed by atoms with Crippen LogP contribution in [0.15, 0.2) is 35.5 Å². The van der Waals surface area contributed by atoms with E-state index in [-0.39, 0.29) is 38.2 Å². The third-order valence-electron chi connectivity index (χ3n) is 6.54. The minimum absolute atomic E-state index is 0.0145. The third-order valence-corrected chi connectivity index (χ3v) is 7.19. The molecule has 12 N–H and O–H groups in total. The van der Waals surface area contributed by atoms with Gasteiger partial charge in [0.2, 0.25) is 17.7 Å². The summed E-state index contributed by atoms with van der Waals surface area (Å²) in [5.41, 5.74) is 18.3. The molecule has 2 aromatic rings. The van der Waals surface area contributed by atoms with Crippen LogP contribution in [0.4, 0.5) is 0 Å². The Hall–Kier alpha value is -4.31. The first-order valence-corrected chi connectivity index (χ1v) is 15.0. The van der Waals surface area contributed by atoms with Gasteiger partial charge < -0.3 is 48.3 Å². The van der Waals surface area contributed by atoms with E-state index >= 15 is 0 Å². The number of hydrogen-bond acceptors (Lipinski definition) is 8. The van der Waals surface area contributed by atoms with Crippen molar-refractivity contribution < 1.29 is 34.2 Å². The molecule has 1 aromatic carbocycles. The third kappa shape index (κ3) is 11.8. The lowest BCUT2D eigenvalue weighted by atomic mass is 10.0. The zero-order valence-electron chi connectivity index (χ0n) is 23.9. The minimum atomic E-state index is -1.50. The zero-order chi connectivity index (χ0) is 31.9. The van der Waals surface area contributed by atoms with E-state index in [0.717, 1.165) is 16.5 Å². The molecule has 16 heteroatoms. The van der Waals surface area contributed by atoms with Crippen LogP contribution >= 0.6 is 11.8 Å². The van der Waals surface area contributed by atoms with Crippen LogP contribution in [-0.4, -0.2) is 93.5 Å². The maximum atomic E-state index is 13.6. The number of nitrogens with zero attached hydrogens (tertiary/aromatic N) is 1. The zero-order valence-corrected chi connectivity index (χ0v) is 24.7. The summed E-state index contributed by atoms with van der Waals surface area (Å²) in [6.45, 7) is 0.128. The van der Waals surface area contributed by atoms with Crippen molar-refractivity contribution in [3.8, 4) is 0 Å². The number of carbonyl (C=O) groups excluding carboxylic acids is 3. The predicted molar refractivity (Wildman–Crippen MR) is 163 cm³/mol. The van der Waals surface area contributed by atoms with Crippen LogP contribution in [0.25, 0.3) is 10.9 Å². The van der Waals surface area contributed by atoms with Gasteiger partial charge in [-0.1, -0.05) is 18.2 Å². The van der Waals surface area contributed by atoms with E-state index in [1.807, 2.05) is 30.5 Å². The minimum Gasteiger partial charge on any atom is -0.481 e. The van der Waals surface area contributed by atoms with Gasteiger partial charge >= 0.3 is 11.9 Å². The number of H-pyrrole nitrogens is 1. The number of guanidine groups is 1. The molecule has 0 saturated heterocycles. The second-order valence-corrected chi connectivity index (χ2v) is 10.8. The summed E-state index contributed by atoms with van der Waals surface area (Å²) in [5.74, 6) is -4.26. The number of aliphatic carboxylic acids is 2. The summed E-state index contributed by atoms with van der Waals surface area (Å²) in [4.78, 5) is 69.4. The molecule has 0 fully saturated rings. The number of nitrogens with one attached hydrogen (secondary N) is 4. The average Bonchev–Trinajstić information content (AvgIpc) is 3.37. The van der Waals surface area contributed by atoms with E-state index < -0.39 is 60.2 Å². The first-order chi connectivity index (χ1) is 20.4.